The van der Waals surface area contributed by atoms with Crippen LogP contribution in [0.3, 0.4) is 0 Å². The van der Waals surface area contributed by atoms with Gasteiger partial charge < -0.3 is 14.2 Å². The predicted molar refractivity (Wildman–Crippen MR) is 115 cm³/mol. The molecule has 0 aromatic heterocycles. The molecule has 0 N–H and O–H groups in total. The fourth-order valence-corrected chi connectivity index (χ4v) is 5.06. The third-order valence-corrected chi connectivity index (χ3v) is 6.74. The molecular weight excluding hydrogens is 432 g/mol. The van der Waals surface area contributed by atoms with Gasteiger partial charge in [0.1, 0.15) is 24.7 Å². The lowest BCUT2D eigenvalue weighted by Crippen LogP contribution is -2.21. The normalized spacial score (nSPS) is 13.6. The molecule has 1 aliphatic heterocycles. The number of carbonyl (C=O) groups excluding carboxylic acids is 2. The highest BCUT2D eigenvalue weighted by molar-refractivity contribution is 7.91. The summed E-state index contributed by atoms with van der Waals surface area (Å²) in [5.41, 5.74) is 0.210. The molecular formula is C24H20O7S. The van der Waals surface area contributed by atoms with Crippen molar-refractivity contribution in [2.24, 2.45) is 0 Å². The lowest BCUT2D eigenvalue weighted by Gasteiger charge is -2.19. The molecule has 1 heterocycles. The number of carbonyl (C=O) groups is 2. The summed E-state index contributed by atoms with van der Waals surface area (Å²) in [4.78, 5) is 24.8. The molecule has 4 rings (SSSR count). The van der Waals surface area contributed by atoms with Gasteiger partial charge in [-0.2, -0.15) is 0 Å². The molecule has 164 valence electrons. The Bertz CT molecular complexity index is 1280. The van der Waals surface area contributed by atoms with E-state index < -0.39 is 21.6 Å². The number of hydrogen-bond acceptors (Lipinski definition) is 7. The number of esters is 1. The fourth-order valence-electron chi connectivity index (χ4n) is 3.39. The van der Waals surface area contributed by atoms with Crippen LogP contribution in [-0.2, 0) is 14.6 Å². The lowest BCUT2D eigenvalue weighted by molar-refractivity contribution is 0.0450. The Morgan fingerprint density at radius 1 is 0.812 bits per heavy atom. The summed E-state index contributed by atoms with van der Waals surface area (Å²) in [6.45, 7) is 2.56. The average Bonchev–Trinajstić information content (AvgIpc) is 2.81. The van der Waals surface area contributed by atoms with E-state index in [4.69, 9.17) is 14.2 Å². The van der Waals surface area contributed by atoms with Gasteiger partial charge in [-0.25, -0.2) is 13.2 Å². The SMILES string of the molecule is CCOc1ccc(OCCOC(=O)c2ccc3c(c2)S(=O)(=O)c2ccccc2C3=O)cc1. The summed E-state index contributed by atoms with van der Waals surface area (Å²) in [5.74, 6) is 0.231. The van der Waals surface area contributed by atoms with Crippen LogP contribution in [0.1, 0.15) is 33.2 Å². The van der Waals surface area contributed by atoms with Crippen molar-refractivity contribution in [1.82, 2.24) is 0 Å². The van der Waals surface area contributed by atoms with E-state index in [-0.39, 0.29) is 39.7 Å². The third-order valence-electron chi connectivity index (χ3n) is 4.89. The summed E-state index contributed by atoms with van der Waals surface area (Å²) >= 11 is 0. The van der Waals surface area contributed by atoms with Gasteiger partial charge in [-0.1, -0.05) is 12.1 Å². The van der Waals surface area contributed by atoms with Crippen molar-refractivity contribution in [3.63, 3.8) is 0 Å². The van der Waals surface area contributed by atoms with Crippen molar-refractivity contribution >= 4 is 21.6 Å². The molecule has 0 atom stereocenters. The van der Waals surface area contributed by atoms with Crippen molar-refractivity contribution < 1.29 is 32.2 Å². The largest absolute Gasteiger partial charge is 0.494 e. The van der Waals surface area contributed by atoms with Gasteiger partial charge in [0.05, 0.1) is 22.0 Å². The first kappa shape index (κ1) is 21.6. The average molecular weight is 452 g/mol. The molecule has 3 aromatic rings. The second kappa shape index (κ2) is 8.84. The van der Waals surface area contributed by atoms with Crippen LogP contribution in [0, 0.1) is 0 Å². The van der Waals surface area contributed by atoms with E-state index in [1.54, 1.807) is 36.4 Å². The van der Waals surface area contributed by atoms with Crippen LogP contribution < -0.4 is 9.47 Å². The monoisotopic (exact) mass is 452 g/mol. The van der Waals surface area contributed by atoms with Crippen molar-refractivity contribution in [2.75, 3.05) is 19.8 Å². The van der Waals surface area contributed by atoms with E-state index in [1.807, 2.05) is 6.92 Å². The molecule has 0 bridgehead atoms. The van der Waals surface area contributed by atoms with Gasteiger partial charge in [0.25, 0.3) is 0 Å². The van der Waals surface area contributed by atoms with E-state index in [0.29, 0.717) is 12.4 Å². The molecule has 8 heteroatoms. The molecule has 0 aliphatic carbocycles. The molecule has 7 nitrogen and oxygen atoms in total. The second-order valence-electron chi connectivity index (χ2n) is 6.93. The Morgan fingerprint density at radius 3 is 2.19 bits per heavy atom. The Labute approximate surface area is 185 Å². The summed E-state index contributed by atoms with van der Waals surface area (Å²) < 4.78 is 42.0. The van der Waals surface area contributed by atoms with Crippen LogP contribution >= 0.6 is 0 Å². The minimum Gasteiger partial charge on any atom is -0.494 e. The molecule has 3 aromatic carbocycles. The maximum Gasteiger partial charge on any atom is 0.338 e. The van der Waals surface area contributed by atoms with Crippen molar-refractivity contribution in [3.05, 3.63) is 83.4 Å². The minimum atomic E-state index is -3.92. The Hall–Kier alpha value is -3.65. The van der Waals surface area contributed by atoms with Crippen LogP contribution in [0.25, 0.3) is 0 Å². The maximum absolute atomic E-state index is 13.0. The van der Waals surface area contributed by atoms with Crippen LogP contribution in [0.2, 0.25) is 0 Å². The number of fused-ring (bicyclic) bond motifs is 2. The van der Waals surface area contributed by atoms with Crippen LogP contribution in [0.5, 0.6) is 11.5 Å². The summed E-state index contributed by atoms with van der Waals surface area (Å²) in [7, 11) is -3.92. The predicted octanol–water partition coefficient (Wildman–Crippen LogP) is 3.70. The zero-order valence-electron chi connectivity index (χ0n) is 17.2. The first-order valence-electron chi connectivity index (χ1n) is 9.97. The van der Waals surface area contributed by atoms with Crippen molar-refractivity contribution in [3.8, 4) is 11.5 Å². The third kappa shape index (κ3) is 4.09. The molecule has 0 fully saturated rings. The van der Waals surface area contributed by atoms with Gasteiger partial charge in [-0.05, 0) is 61.5 Å². The first-order valence-corrected chi connectivity index (χ1v) is 11.5. The Kier molecular flexibility index (Phi) is 5.96. The highest BCUT2D eigenvalue weighted by Gasteiger charge is 2.35. The smallest absolute Gasteiger partial charge is 0.338 e. The van der Waals surface area contributed by atoms with Crippen LogP contribution in [-0.4, -0.2) is 40.0 Å². The molecule has 0 saturated carbocycles. The van der Waals surface area contributed by atoms with E-state index >= 15 is 0 Å². The molecule has 32 heavy (non-hydrogen) atoms. The molecule has 0 unspecified atom stereocenters. The Balaban J connectivity index is 1.42. The number of rotatable bonds is 7. The fraction of sp³-hybridized carbons (Fsp3) is 0.167. The lowest BCUT2D eigenvalue weighted by atomic mass is 10.0. The quantitative estimate of drug-likeness (QED) is 0.312. The first-order chi connectivity index (χ1) is 15.4. The number of ether oxygens (including phenoxy) is 3. The molecule has 0 saturated heterocycles. The highest BCUT2D eigenvalue weighted by Crippen LogP contribution is 2.34. The number of benzene rings is 3. The van der Waals surface area contributed by atoms with Gasteiger partial charge >= 0.3 is 5.97 Å². The van der Waals surface area contributed by atoms with E-state index in [9.17, 15) is 18.0 Å². The number of sulfone groups is 1. The van der Waals surface area contributed by atoms with Crippen LogP contribution in [0.4, 0.5) is 0 Å². The Morgan fingerprint density at radius 2 is 1.47 bits per heavy atom. The zero-order chi connectivity index (χ0) is 22.7. The van der Waals surface area contributed by atoms with Crippen molar-refractivity contribution in [2.45, 2.75) is 16.7 Å². The number of ketones is 1. The van der Waals surface area contributed by atoms with Gasteiger partial charge in [-0.3, -0.25) is 4.79 Å². The maximum atomic E-state index is 13.0. The molecule has 0 radical (unpaired) electrons. The summed E-state index contributed by atoms with van der Waals surface area (Å²) in [6.07, 6.45) is 0. The molecule has 0 spiro atoms. The highest BCUT2D eigenvalue weighted by atomic mass is 32.2. The molecule has 1 aliphatic rings. The van der Waals surface area contributed by atoms with Gasteiger partial charge in [0.2, 0.25) is 9.84 Å². The van der Waals surface area contributed by atoms with Gasteiger partial charge in [-0.15, -0.1) is 0 Å². The summed E-state index contributed by atoms with van der Waals surface area (Å²) in [6, 6.07) is 17.0. The van der Waals surface area contributed by atoms with Gasteiger partial charge in [0.15, 0.2) is 5.78 Å². The van der Waals surface area contributed by atoms with Crippen molar-refractivity contribution in [1.29, 1.82) is 0 Å². The standard InChI is InChI=1S/C24H20O7S/c1-2-29-17-8-10-18(11-9-17)30-13-14-31-24(26)16-7-12-20-22(15-16)32(27,28)21-6-4-3-5-19(21)23(20)25/h3-12,15H,2,13-14H2,1H3. The molecule has 0 amide bonds. The van der Waals surface area contributed by atoms with Crippen LogP contribution in [0.15, 0.2) is 76.5 Å². The zero-order valence-corrected chi connectivity index (χ0v) is 18.1. The van der Waals surface area contributed by atoms with E-state index in [2.05, 4.69) is 0 Å². The van der Waals surface area contributed by atoms with E-state index in [1.165, 1.54) is 30.3 Å². The minimum absolute atomic E-state index is 0.0301. The van der Waals surface area contributed by atoms with Gasteiger partial charge in [0, 0.05) is 11.1 Å². The second-order valence-corrected chi connectivity index (χ2v) is 8.81. The topological polar surface area (TPSA) is 96.0 Å². The van der Waals surface area contributed by atoms with E-state index in [0.717, 1.165) is 5.75 Å². The summed E-state index contributed by atoms with van der Waals surface area (Å²) in [5, 5.41) is 0. The number of hydrogen-bond donors (Lipinski definition) is 0.